The number of oxime groups is 1. The van der Waals surface area contributed by atoms with Gasteiger partial charge in [0.2, 0.25) is 6.10 Å². The molecule has 1 amide bonds. The second-order valence-corrected chi connectivity index (χ2v) is 6.20. The van der Waals surface area contributed by atoms with Crippen LogP contribution in [0.25, 0.3) is 0 Å². The van der Waals surface area contributed by atoms with Crippen LogP contribution in [0.4, 0.5) is 4.39 Å². The predicted molar refractivity (Wildman–Crippen MR) is 91.7 cm³/mol. The van der Waals surface area contributed by atoms with Crippen LogP contribution in [0.5, 0.6) is 0 Å². The lowest BCUT2D eigenvalue weighted by molar-refractivity contribution is -0.131. The normalized spacial score (nSPS) is 16.4. The molecule has 132 valence electrons. The molecule has 1 N–H and O–H groups in total. The minimum absolute atomic E-state index is 0.181. The minimum Gasteiger partial charge on any atom is -0.382 e. The molecule has 2 heterocycles. The van der Waals surface area contributed by atoms with Gasteiger partial charge in [-0.15, -0.1) is 0 Å². The van der Waals surface area contributed by atoms with Crippen LogP contribution in [0.3, 0.4) is 0 Å². The second kappa shape index (κ2) is 7.46. The number of carbonyl (C=O) groups excluding carboxylic acids is 1. The van der Waals surface area contributed by atoms with E-state index in [0.717, 1.165) is 22.7 Å². The number of halogens is 1. The number of carbonyl (C=O) groups is 1. The monoisotopic (exact) mass is 344 g/mol. The molecule has 25 heavy (non-hydrogen) atoms. The Kier molecular flexibility index (Phi) is 5.11. The van der Waals surface area contributed by atoms with Gasteiger partial charge in [-0.3, -0.25) is 9.48 Å². The summed E-state index contributed by atoms with van der Waals surface area (Å²) in [5.41, 5.74) is 3.75. The maximum Gasteiger partial charge on any atom is 0.264 e. The Labute approximate surface area is 145 Å². The van der Waals surface area contributed by atoms with Crippen LogP contribution in [-0.4, -0.2) is 34.0 Å². The zero-order valence-electron chi connectivity index (χ0n) is 14.3. The standard InChI is InChI=1S/C18H21FN4O2/c1-12-9-13(2)23(21-12)8-7-20-18(24)17-11-16(22-25-17)10-14-3-5-15(19)6-4-14/h3-6,9,17H,7-8,10-11H2,1-2H3,(H,20,24)/t17-/m0/s1. The van der Waals surface area contributed by atoms with Crippen molar-refractivity contribution in [3.05, 3.63) is 53.1 Å². The molecule has 0 bridgehead atoms. The first-order chi connectivity index (χ1) is 12.0. The summed E-state index contributed by atoms with van der Waals surface area (Å²) in [6.07, 6.45) is 0.398. The molecule has 0 spiro atoms. The molecule has 1 aromatic heterocycles. The van der Waals surface area contributed by atoms with E-state index < -0.39 is 6.10 Å². The van der Waals surface area contributed by atoms with Gasteiger partial charge >= 0.3 is 0 Å². The molecule has 0 aliphatic carbocycles. The summed E-state index contributed by atoms with van der Waals surface area (Å²) in [6.45, 7) is 5.02. The molecule has 0 radical (unpaired) electrons. The SMILES string of the molecule is Cc1cc(C)n(CCNC(=O)[C@@H]2CC(Cc3ccc(F)cc3)=NO2)n1. The summed E-state index contributed by atoms with van der Waals surface area (Å²) in [5, 5.41) is 11.2. The van der Waals surface area contributed by atoms with Crippen molar-refractivity contribution in [1.82, 2.24) is 15.1 Å². The van der Waals surface area contributed by atoms with Crippen LogP contribution < -0.4 is 5.32 Å². The van der Waals surface area contributed by atoms with Gasteiger partial charge in [-0.05, 0) is 37.6 Å². The molecular weight excluding hydrogens is 323 g/mol. The highest BCUT2D eigenvalue weighted by Crippen LogP contribution is 2.15. The summed E-state index contributed by atoms with van der Waals surface area (Å²) in [5.74, 6) is -0.451. The third-order valence-corrected chi connectivity index (χ3v) is 4.07. The minimum atomic E-state index is -0.601. The van der Waals surface area contributed by atoms with E-state index >= 15 is 0 Å². The zero-order valence-corrected chi connectivity index (χ0v) is 14.3. The molecule has 1 atom stereocenters. The van der Waals surface area contributed by atoms with Gasteiger partial charge in [-0.1, -0.05) is 17.3 Å². The summed E-state index contributed by atoms with van der Waals surface area (Å²) in [6, 6.07) is 8.24. The molecular formula is C18H21FN4O2. The number of aromatic nitrogens is 2. The number of nitrogens with zero attached hydrogens (tertiary/aromatic N) is 3. The number of nitrogens with one attached hydrogen (secondary N) is 1. The number of amides is 1. The number of hydrogen-bond donors (Lipinski definition) is 1. The van der Waals surface area contributed by atoms with Crippen LogP contribution >= 0.6 is 0 Å². The van der Waals surface area contributed by atoms with E-state index in [1.165, 1.54) is 12.1 Å². The van der Waals surface area contributed by atoms with E-state index in [1.54, 1.807) is 12.1 Å². The third-order valence-electron chi connectivity index (χ3n) is 4.07. The van der Waals surface area contributed by atoms with E-state index in [4.69, 9.17) is 4.84 Å². The topological polar surface area (TPSA) is 68.5 Å². The Bertz CT molecular complexity index is 783. The van der Waals surface area contributed by atoms with Gasteiger partial charge < -0.3 is 10.2 Å². The smallest absolute Gasteiger partial charge is 0.264 e. The van der Waals surface area contributed by atoms with E-state index in [-0.39, 0.29) is 11.7 Å². The highest BCUT2D eigenvalue weighted by atomic mass is 19.1. The van der Waals surface area contributed by atoms with Crippen molar-refractivity contribution in [3.63, 3.8) is 0 Å². The van der Waals surface area contributed by atoms with Gasteiger partial charge in [-0.25, -0.2) is 4.39 Å². The number of hydrogen-bond acceptors (Lipinski definition) is 4. The first-order valence-corrected chi connectivity index (χ1v) is 8.26. The Hall–Kier alpha value is -2.70. The molecule has 1 aromatic carbocycles. The summed E-state index contributed by atoms with van der Waals surface area (Å²) in [4.78, 5) is 17.4. The number of rotatable bonds is 6. The summed E-state index contributed by atoms with van der Waals surface area (Å²) < 4.78 is 14.8. The summed E-state index contributed by atoms with van der Waals surface area (Å²) >= 11 is 0. The average molecular weight is 344 g/mol. The molecule has 1 aliphatic heterocycles. The molecule has 1 aliphatic rings. The van der Waals surface area contributed by atoms with Gasteiger partial charge in [0.15, 0.2) is 0 Å². The molecule has 3 rings (SSSR count). The Morgan fingerprint density at radius 2 is 2.12 bits per heavy atom. The maximum absolute atomic E-state index is 12.9. The highest BCUT2D eigenvalue weighted by Gasteiger charge is 2.27. The van der Waals surface area contributed by atoms with Crippen molar-refractivity contribution >= 4 is 11.6 Å². The van der Waals surface area contributed by atoms with E-state index in [1.807, 2.05) is 24.6 Å². The molecule has 7 heteroatoms. The number of aryl methyl sites for hydroxylation is 2. The first-order valence-electron chi connectivity index (χ1n) is 8.26. The lowest BCUT2D eigenvalue weighted by Gasteiger charge is -2.10. The van der Waals surface area contributed by atoms with Crippen LogP contribution in [0, 0.1) is 19.7 Å². The fraction of sp³-hybridized carbons (Fsp3) is 0.389. The fourth-order valence-corrected chi connectivity index (χ4v) is 2.81. The van der Waals surface area contributed by atoms with Crippen LogP contribution in [0.15, 0.2) is 35.5 Å². The van der Waals surface area contributed by atoms with Gasteiger partial charge in [-0.2, -0.15) is 5.10 Å². The van der Waals surface area contributed by atoms with Crippen molar-refractivity contribution in [2.75, 3.05) is 6.54 Å². The molecule has 0 unspecified atom stereocenters. The molecule has 6 nitrogen and oxygen atoms in total. The zero-order chi connectivity index (χ0) is 17.8. The molecule has 0 saturated heterocycles. The van der Waals surface area contributed by atoms with E-state index in [2.05, 4.69) is 15.6 Å². The lowest BCUT2D eigenvalue weighted by atomic mass is 10.0. The van der Waals surface area contributed by atoms with E-state index in [0.29, 0.717) is 25.9 Å². The van der Waals surface area contributed by atoms with Crippen molar-refractivity contribution in [1.29, 1.82) is 0 Å². The quantitative estimate of drug-likeness (QED) is 0.873. The van der Waals surface area contributed by atoms with Crippen LogP contribution in [0.2, 0.25) is 0 Å². The summed E-state index contributed by atoms with van der Waals surface area (Å²) in [7, 11) is 0. The van der Waals surface area contributed by atoms with Crippen LogP contribution in [0.1, 0.15) is 23.4 Å². The lowest BCUT2D eigenvalue weighted by Crippen LogP contribution is -2.36. The third kappa shape index (κ3) is 4.43. The van der Waals surface area contributed by atoms with Crippen molar-refractivity contribution in [2.45, 2.75) is 39.3 Å². The highest BCUT2D eigenvalue weighted by molar-refractivity contribution is 5.93. The molecule has 2 aromatic rings. The largest absolute Gasteiger partial charge is 0.382 e. The van der Waals surface area contributed by atoms with E-state index in [9.17, 15) is 9.18 Å². The first kappa shape index (κ1) is 17.1. The Morgan fingerprint density at radius 1 is 1.36 bits per heavy atom. The average Bonchev–Trinajstić information content (AvgIpc) is 3.16. The van der Waals surface area contributed by atoms with Gasteiger partial charge in [0.1, 0.15) is 5.82 Å². The second-order valence-electron chi connectivity index (χ2n) is 6.20. The fourth-order valence-electron chi connectivity index (χ4n) is 2.81. The Morgan fingerprint density at radius 3 is 2.80 bits per heavy atom. The maximum atomic E-state index is 12.9. The van der Waals surface area contributed by atoms with Crippen molar-refractivity contribution < 1.29 is 14.0 Å². The van der Waals surface area contributed by atoms with Crippen molar-refractivity contribution in [2.24, 2.45) is 5.16 Å². The Balaban J connectivity index is 1.43. The van der Waals surface area contributed by atoms with Gasteiger partial charge in [0, 0.05) is 25.1 Å². The van der Waals surface area contributed by atoms with Crippen LogP contribution in [-0.2, 0) is 22.6 Å². The molecule has 0 fully saturated rings. The van der Waals surface area contributed by atoms with Crippen molar-refractivity contribution in [3.8, 4) is 0 Å². The number of benzene rings is 1. The predicted octanol–water partition coefficient (Wildman–Crippen LogP) is 2.14. The molecule has 0 saturated carbocycles. The van der Waals surface area contributed by atoms with Gasteiger partial charge in [0.25, 0.3) is 5.91 Å². The van der Waals surface area contributed by atoms with Gasteiger partial charge in [0.05, 0.1) is 18.0 Å².